The summed E-state index contributed by atoms with van der Waals surface area (Å²) >= 11 is 0. The standard InChI is InChI=1S/C15H20F3N3O2/c16-15(17,18)13-4-2-1-3-12(13)11-19-5-6-20-7-9-21(10-8-20)14(22)23/h1-4,19H,5-11H2,(H,22,23). The van der Waals surface area contributed by atoms with Crippen molar-refractivity contribution in [1.82, 2.24) is 15.1 Å². The van der Waals surface area contributed by atoms with Crippen LogP contribution in [-0.4, -0.2) is 60.3 Å². The van der Waals surface area contributed by atoms with E-state index in [4.69, 9.17) is 5.11 Å². The highest BCUT2D eigenvalue weighted by atomic mass is 19.4. The van der Waals surface area contributed by atoms with E-state index in [0.29, 0.717) is 39.3 Å². The molecule has 1 heterocycles. The van der Waals surface area contributed by atoms with Gasteiger partial charge in [-0.25, -0.2) is 4.79 Å². The van der Waals surface area contributed by atoms with E-state index in [1.807, 2.05) is 0 Å². The van der Waals surface area contributed by atoms with Crippen LogP contribution in [0.2, 0.25) is 0 Å². The first kappa shape index (κ1) is 17.6. The van der Waals surface area contributed by atoms with E-state index >= 15 is 0 Å². The molecule has 1 aliphatic heterocycles. The molecule has 0 saturated carbocycles. The fourth-order valence-corrected chi connectivity index (χ4v) is 2.57. The van der Waals surface area contributed by atoms with Crippen LogP contribution in [0.3, 0.4) is 0 Å². The van der Waals surface area contributed by atoms with Crippen LogP contribution in [-0.2, 0) is 12.7 Å². The quantitative estimate of drug-likeness (QED) is 0.811. The average Bonchev–Trinajstić information content (AvgIpc) is 2.51. The van der Waals surface area contributed by atoms with E-state index in [-0.39, 0.29) is 12.1 Å². The Morgan fingerprint density at radius 2 is 1.83 bits per heavy atom. The maximum absolute atomic E-state index is 12.9. The Labute approximate surface area is 132 Å². The molecule has 5 nitrogen and oxygen atoms in total. The van der Waals surface area contributed by atoms with E-state index in [1.165, 1.54) is 17.0 Å². The second-order valence-electron chi connectivity index (χ2n) is 5.44. The zero-order valence-electron chi connectivity index (χ0n) is 12.6. The minimum absolute atomic E-state index is 0.158. The van der Waals surface area contributed by atoms with Gasteiger partial charge < -0.3 is 15.3 Å². The Balaban J connectivity index is 1.74. The molecule has 0 aromatic heterocycles. The Bertz CT molecular complexity index is 529. The van der Waals surface area contributed by atoms with Crippen LogP contribution in [0.1, 0.15) is 11.1 Å². The van der Waals surface area contributed by atoms with E-state index in [1.54, 1.807) is 6.07 Å². The van der Waals surface area contributed by atoms with Crippen LogP contribution in [0.15, 0.2) is 24.3 Å². The van der Waals surface area contributed by atoms with Gasteiger partial charge in [0, 0.05) is 45.8 Å². The van der Waals surface area contributed by atoms with Crippen molar-refractivity contribution in [2.24, 2.45) is 0 Å². The third kappa shape index (κ3) is 5.11. The Kier molecular flexibility index (Phi) is 5.84. The Morgan fingerprint density at radius 1 is 1.17 bits per heavy atom. The molecule has 2 rings (SSSR count). The first-order valence-electron chi connectivity index (χ1n) is 7.44. The van der Waals surface area contributed by atoms with Gasteiger partial charge >= 0.3 is 12.3 Å². The smallest absolute Gasteiger partial charge is 0.416 e. The zero-order valence-corrected chi connectivity index (χ0v) is 12.6. The van der Waals surface area contributed by atoms with Gasteiger partial charge in [-0.1, -0.05) is 18.2 Å². The largest absolute Gasteiger partial charge is 0.465 e. The van der Waals surface area contributed by atoms with Crippen molar-refractivity contribution in [3.8, 4) is 0 Å². The third-order valence-electron chi connectivity index (χ3n) is 3.89. The number of carbonyl (C=O) groups is 1. The van der Waals surface area contributed by atoms with Gasteiger partial charge in [-0.05, 0) is 11.6 Å². The number of piperazine rings is 1. The van der Waals surface area contributed by atoms with Crippen LogP contribution in [0, 0.1) is 0 Å². The summed E-state index contributed by atoms with van der Waals surface area (Å²) in [6.45, 7) is 3.62. The Hall–Kier alpha value is -1.80. The third-order valence-corrected chi connectivity index (χ3v) is 3.89. The van der Waals surface area contributed by atoms with Crippen LogP contribution in [0.25, 0.3) is 0 Å². The van der Waals surface area contributed by atoms with Crippen molar-refractivity contribution in [3.63, 3.8) is 0 Å². The molecule has 23 heavy (non-hydrogen) atoms. The first-order valence-corrected chi connectivity index (χ1v) is 7.44. The summed E-state index contributed by atoms with van der Waals surface area (Å²) in [4.78, 5) is 14.3. The van der Waals surface area contributed by atoms with Gasteiger partial charge in [0.05, 0.1) is 5.56 Å². The molecule has 8 heteroatoms. The van der Waals surface area contributed by atoms with Crippen molar-refractivity contribution >= 4 is 6.09 Å². The average molecular weight is 331 g/mol. The number of benzene rings is 1. The fourth-order valence-electron chi connectivity index (χ4n) is 2.57. The highest BCUT2D eigenvalue weighted by molar-refractivity contribution is 5.65. The lowest BCUT2D eigenvalue weighted by Crippen LogP contribution is -2.49. The molecule has 2 N–H and O–H groups in total. The Morgan fingerprint density at radius 3 is 2.43 bits per heavy atom. The molecule has 1 aromatic rings. The van der Waals surface area contributed by atoms with Crippen molar-refractivity contribution in [2.75, 3.05) is 39.3 Å². The molecule has 0 bridgehead atoms. The van der Waals surface area contributed by atoms with Gasteiger partial charge in [-0.15, -0.1) is 0 Å². The van der Waals surface area contributed by atoms with Gasteiger partial charge in [-0.3, -0.25) is 4.90 Å². The topological polar surface area (TPSA) is 55.8 Å². The molecule has 0 unspecified atom stereocenters. The molecule has 0 radical (unpaired) electrons. The molecular weight excluding hydrogens is 311 g/mol. The SMILES string of the molecule is O=C(O)N1CCN(CCNCc2ccccc2C(F)(F)F)CC1. The minimum atomic E-state index is -4.34. The number of nitrogens with zero attached hydrogens (tertiary/aromatic N) is 2. The van der Waals surface area contributed by atoms with Gasteiger partial charge in [0.1, 0.15) is 0 Å². The lowest BCUT2D eigenvalue weighted by atomic mass is 10.1. The van der Waals surface area contributed by atoms with Crippen molar-refractivity contribution in [2.45, 2.75) is 12.7 Å². The predicted octanol–water partition coefficient (Wildman–Crippen LogP) is 2.09. The number of nitrogens with one attached hydrogen (secondary N) is 1. The fraction of sp³-hybridized carbons (Fsp3) is 0.533. The molecule has 1 fully saturated rings. The maximum atomic E-state index is 12.9. The number of halogens is 3. The van der Waals surface area contributed by atoms with Gasteiger partial charge in [0.2, 0.25) is 0 Å². The summed E-state index contributed by atoms with van der Waals surface area (Å²) in [6, 6.07) is 5.54. The summed E-state index contributed by atoms with van der Waals surface area (Å²) in [5.74, 6) is 0. The van der Waals surface area contributed by atoms with Crippen LogP contribution < -0.4 is 5.32 Å². The molecule has 1 aliphatic rings. The van der Waals surface area contributed by atoms with E-state index in [9.17, 15) is 18.0 Å². The molecule has 1 amide bonds. The number of alkyl halides is 3. The number of hydrogen-bond acceptors (Lipinski definition) is 3. The van der Waals surface area contributed by atoms with Crippen LogP contribution in [0.4, 0.5) is 18.0 Å². The molecule has 0 spiro atoms. The number of carboxylic acid groups (broad SMARTS) is 1. The number of rotatable bonds is 5. The van der Waals surface area contributed by atoms with Crippen molar-refractivity contribution < 1.29 is 23.1 Å². The zero-order chi connectivity index (χ0) is 16.9. The summed E-state index contributed by atoms with van der Waals surface area (Å²) in [5.41, 5.74) is -0.377. The molecule has 128 valence electrons. The summed E-state index contributed by atoms with van der Waals surface area (Å²) < 4.78 is 38.6. The number of amides is 1. The molecule has 1 saturated heterocycles. The highest BCUT2D eigenvalue weighted by Gasteiger charge is 2.32. The predicted molar refractivity (Wildman–Crippen MR) is 79.2 cm³/mol. The minimum Gasteiger partial charge on any atom is -0.465 e. The molecule has 0 aliphatic carbocycles. The second kappa shape index (κ2) is 7.65. The van der Waals surface area contributed by atoms with Crippen molar-refractivity contribution in [1.29, 1.82) is 0 Å². The second-order valence-corrected chi connectivity index (χ2v) is 5.44. The van der Waals surface area contributed by atoms with Crippen LogP contribution >= 0.6 is 0 Å². The monoisotopic (exact) mass is 331 g/mol. The molecular formula is C15H20F3N3O2. The molecule has 0 atom stereocenters. The van der Waals surface area contributed by atoms with E-state index < -0.39 is 17.8 Å². The molecule has 1 aromatic carbocycles. The first-order chi connectivity index (χ1) is 10.9. The maximum Gasteiger partial charge on any atom is 0.416 e. The van der Waals surface area contributed by atoms with Gasteiger partial charge in [-0.2, -0.15) is 13.2 Å². The van der Waals surface area contributed by atoms with Gasteiger partial charge in [0.15, 0.2) is 0 Å². The summed E-state index contributed by atoms with van der Waals surface area (Å²) in [5, 5.41) is 11.9. The summed E-state index contributed by atoms with van der Waals surface area (Å²) in [7, 11) is 0. The highest BCUT2D eigenvalue weighted by Crippen LogP contribution is 2.31. The van der Waals surface area contributed by atoms with Crippen molar-refractivity contribution in [3.05, 3.63) is 35.4 Å². The normalized spacial score (nSPS) is 16.6. The van der Waals surface area contributed by atoms with E-state index in [2.05, 4.69) is 10.2 Å². The van der Waals surface area contributed by atoms with Gasteiger partial charge in [0.25, 0.3) is 0 Å². The van der Waals surface area contributed by atoms with E-state index in [0.717, 1.165) is 6.07 Å². The lowest BCUT2D eigenvalue weighted by Gasteiger charge is -2.33. The number of hydrogen-bond donors (Lipinski definition) is 2. The lowest BCUT2D eigenvalue weighted by molar-refractivity contribution is -0.138. The van der Waals surface area contributed by atoms with Crippen LogP contribution in [0.5, 0.6) is 0 Å². The summed E-state index contributed by atoms with van der Waals surface area (Å²) in [6.07, 6.45) is -5.25.